The summed E-state index contributed by atoms with van der Waals surface area (Å²) in [4.78, 5) is 30.1. The van der Waals surface area contributed by atoms with Crippen molar-refractivity contribution < 1.29 is 19.1 Å². The third kappa shape index (κ3) is 5.43. The van der Waals surface area contributed by atoms with E-state index in [-0.39, 0.29) is 12.4 Å². The van der Waals surface area contributed by atoms with Gasteiger partial charge in [-0.25, -0.2) is 14.2 Å². The van der Waals surface area contributed by atoms with Gasteiger partial charge in [-0.05, 0) is 55.0 Å². The number of hydrogen-bond acceptors (Lipinski definition) is 4. The van der Waals surface area contributed by atoms with Crippen molar-refractivity contribution in [3.63, 3.8) is 0 Å². The van der Waals surface area contributed by atoms with E-state index in [1.54, 1.807) is 18.3 Å². The molecule has 0 spiro atoms. The van der Waals surface area contributed by atoms with Gasteiger partial charge in [0, 0.05) is 31.4 Å². The molecule has 1 aliphatic heterocycles. The fourth-order valence-electron chi connectivity index (χ4n) is 3.71. The maximum atomic E-state index is 13.3. The molecule has 0 unspecified atom stereocenters. The molecule has 0 bridgehead atoms. The van der Waals surface area contributed by atoms with E-state index in [0.29, 0.717) is 18.9 Å². The van der Waals surface area contributed by atoms with Crippen molar-refractivity contribution in [3.05, 3.63) is 48.4 Å². The number of rotatable bonds is 7. The summed E-state index contributed by atoms with van der Waals surface area (Å²) in [6.45, 7) is 1.63. The number of aromatic nitrogens is 1. The normalized spacial score (nSPS) is 14.6. The molecule has 154 valence electrons. The largest absolute Gasteiger partial charge is 0.465 e. The Morgan fingerprint density at radius 1 is 1.21 bits per heavy atom. The summed E-state index contributed by atoms with van der Waals surface area (Å²) in [5.41, 5.74) is 6.99. The molecule has 8 heteroatoms. The molecule has 3 N–H and O–H groups in total. The predicted molar refractivity (Wildman–Crippen MR) is 108 cm³/mol. The first kappa shape index (κ1) is 20.6. The van der Waals surface area contributed by atoms with Crippen LogP contribution in [0, 0.1) is 11.7 Å². The van der Waals surface area contributed by atoms with Crippen LogP contribution in [0.25, 0.3) is 11.1 Å². The third-order valence-electron chi connectivity index (χ3n) is 5.28. The highest BCUT2D eigenvalue weighted by molar-refractivity contribution is 5.80. The Balaban J connectivity index is 1.61. The van der Waals surface area contributed by atoms with E-state index in [1.807, 2.05) is 12.1 Å². The molecular weight excluding hydrogens is 375 g/mol. The summed E-state index contributed by atoms with van der Waals surface area (Å²) in [6, 6.07) is 10.2. The zero-order valence-electron chi connectivity index (χ0n) is 16.1. The average molecular weight is 400 g/mol. The summed E-state index contributed by atoms with van der Waals surface area (Å²) in [6.07, 6.45) is 3.13. The van der Waals surface area contributed by atoms with Crippen LogP contribution in [0.5, 0.6) is 0 Å². The van der Waals surface area contributed by atoms with Gasteiger partial charge in [0.25, 0.3) is 0 Å². The van der Waals surface area contributed by atoms with E-state index in [4.69, 9.17) is 5.73 Å². The second-order valence-corrected chi connectivity index (χ2v) is 7.27. The van der Waals surface area contributed by atoms with Crippen molar-refractivity contribution in [2.45, 2.75) is 19.3 Å². The van der Waals surface area contributed by atoms with Crippen LogP contribution in [-0.2, 0) is 4.79 Å². The van der Waals surface area contributed by atoms with Crippen LogP contribution in [0.3, 0.4) is 0 Å². The molecule has 2 heterocycles. The molecular formula is C21H25FN4O3. The maximum absolute atomic E-state index is 13.3. The number of hydrogen-bond donors (Lipinski definition) is 2. The van der Waals surface area contributed by atoms with E-state index in [2.05, 4.69) is 9.88 Å². The number of primary amides is 1. The van der Waals surface area contributed by atoms with Gasteiger partial charge < -0.3 is 15.7 Å². The van der Waals surface area contributed by atoms with E-state index in [1.165, 1.54) is 12.1 Å². The van der Waals surface area contributed by atoms with Gasteiger partial charge in [-0.15, -0.1) is 0 Å². The first-order valence-electron chi connectivity index (χ1n) is 9.66. The number of carbonyl (C=O) groups is 2. The van der Waals surface area contributed by atoms with Crippen LogP contribution in [0.4, 0.5) is 15.0 Å². The molecule has 0 saturated carbocycles. The number of benzene rings is 1. The van der Waals surface area contributed by atoms with E-state index >= 15 is 0 Å². The van der Waals surface area contributed by atoms with Crippen molar-refractivity contribution in [2.75, 3.05) is 31.1 Å². The average Bonchev–Trinajstić information content (AvgIpc) is 2.72. The van der Waals surface area contributed by atoms with Crippen LogP contribution in [0.2, 0.25) is 0 Å². The van der Waals surface area contributed by atoms with Gasteiger partial charge in [0.15, 0.2) is 0 Å². The Kier molecular flexibility index (Phi) is 6.64. The second-order valence-electron chi connectivity index (χ2n) is 7.27. The van der Waals surface area contributed by atoms with Gasteiger partial charge in [-0.3, -0.25) is 9.69 Å². The molecule has 1 fully saturated rings. The Bertz CT molecular complexity index is 851. The minimum atomic E-state index is -1.13. The molecule has 0 atom stereocenters. The highest BCUT2D eigenvalue weighted by Gasteiger charge is 2.24. The second kappa shape index (κ2) is 9.36. The number of pyridine rings is 1. The molecule has 7 nitrogen and oxygen atoms in total. The number of carboxylic acid groups (broad SMARTS) is 1. The monoisotopic (exact) mass is 400 g/mol. The molecule has 0 aliphatic carbocycles. The molecule has 1 aromatic heterocycles. The zero-order chi connectivity index (χ0) is 20.8. The maximum Gasteiger partial charge on any atom is 0.407 e. The van der Waals surface area contributed by atoms with Crippen LogP contribution in [-0.4, -0.2) is 53.2 Å². The smallest absolute Gasteiger partial charge is 0.407 e. The van der Waals surface area contributed by atoms with Crippen molar-refractivity contribution in [3.8, 4) is 11.1 Å². The van der Waals surface area contributed by atoms with Gasteiger partial charge >= 0.3 is 6.09 Å². The Morgan fingerprint density at radius 3 is 2.52 bits per heavy atom. The topological polar surface area (TPSA) is 99.8 Å². The SMILES string of the molecule is NC(=O)CN(CCC1CCN(c2ncccc2-c2ccc(F)cc2)CC1)C(=O)O. The molecule has 1 aliphatic rings. The number of halogens is 1. The summed E-state index contributed by atoms with van der Waals surface area (Å²) < 4.78 is 13.3. The van der Waals surface area contributed by atoms with Crippen LogP contribution in [0.15, 0.2) is 42.6 Å². The Hall–Kier alpha value is -3.16. The zero-order valence-corrected chi connectivity index (χ0v) is 16.1. The summed E-state index contributed by atoms with van der Waals surface area (Å²) in [5.74, 6) is 0.329. The minimum absolute atomic E-state index is 0.272. The molecule has 3 rings (SSSR count). The lowest BCUT2D eigenvalue weighted by Gasteiger charge is -2.34. The van der Waals surface area contributed by atoms with Crippen molar-refractivity contribution in [1.29, 1.82) is 0 Å². The minimum Gasteiger partial charge on any atom is -0.465 e. The standard InChI is InChI=1S/C21H25FN4O3/c22-17-5-3-16(4-6-17)18-2-1-10-24-20(18)25-11-7-15(8-12-25)9-13-26(21(28)29)14-19(23)27/h1-6,10,15H,7-9,11-14H2,(H2,23,27)(H,28,29). The highest BCUT2D eigenvalue weighted by atomic mass is 19.1. The summed E-state index contributed by atoms with van der Waals surface area (Å²) in [7, 11) is 0. The predicted octanol–water partition coefficient (Wildman–Crippen LogP) is 2.96. The molecule has 1 saturated heterocycles. The van der Waals surface area contributed by atoms with E-state index < -0.39 is 12.0 Å². The Labute approximate surface area is 168 Å². The van der Waals surface area contributed by atoms with Gasteiger partial charge in [0.05, 0.1) is 0 Å². The number of nitrogens with two attached hydrogens (primary N) is 1. The molecule has 0 radical (unpaired) electrons. The van der Waals surface area contributed by atoms with Crippen LogP contribution < -0.4 is 10.6 Å². The summed E-state index contributed by atoms with van der Waals surface area (Å²) >= 11 is 0. The van der Waals surface area contributed by atoms with Gasteiger partial charge in [-0.2, -0.15) is 0 Å². The van der Waals surface area contributed by atoms with Gasteiger partial charge in [-0.1, -0.05) is 12.1 Å². The van der Waals surface area contributed by atoms with E-state index in [0.717, 1.165) is 47.8 Å². The lowest BCUT2D eigenvalue weighted by molar-refractivity contribution is -0.118. The first-order chi connectivity index (χ1) is 13.9. The first-order valence-corrected chi connectivity index (χ1v) is 9.66. The number of anilines is 1. The van der Waals surface area contributed by atoms with E-state index in [9.17, 15) is 19.1 Å². The fourth-order valence-corrected chi connectivity index (χ4v) is 3.71. The summed E-state index contributed by atoms with van der Waals surface area (Å²) in [5, 5.41) is 9.18. The molecule has 2 amide bonds. The molecule has 29 heavy (non-hydrogen) atoms. The quantitative estimate of drug-likeness (QED) is 0.744. The Morgan fingerprint density at radius 2 is 1.90 bits per heavy atom. The van der Waals surface area contributed by atoms with Crippen LogP contribution >= 0.6 is 0 Å². The van der Waals surface area contributed by atoms with Crippen molar-refractivity contribution >= 4 is 17.8 Å². The number of carbonyl (C=O) groups excluding carboxylic acids is 1. The van der Waals surface area contributed by atoms with Crippen LogP contribution in [0.1, 0.15) is 19.3 Å². The lowest BCUT2D eigenvalue weighted by Crippen LogP contribution is -2.40. The lowest BCUT2D eigenvalue weighted by atomic mass is 9.93. The highest BCUT2D eigenvalue weighted by Crippen LogP contribution is 2.32. The number of piperidine rings is 1. The molecule has 1 aromatic carbocycles. The van der Waals surface area contributed by atoms with Gasteiger partial charge in [0.1, 0.15) is 18.2 Å². The van der Waals surface area contributed by atoms with Crippen molar-refractivity contribution in [1.82, 2.24) is 9.88 Å². The van der Waals surface area contributed by atoms with Crippen molar-refractivity contribution in [2.24, 2.45) is 11.7 Å². The van der Waals surface area contributed by atoms with Gasteiger partial charge in [0.2, 0.25) is 5.91 Å². The third-order valence-corrected chi connectivity index (χ3v) is 5.28. The number of nitrogens with zero attached hydrogens (tertiary/aromatic N) is 3. The molecule has 2 aromatic rings. The fraction of sp³-hybridized carbons (Fsp3) is 0.381. The number of amides is 2.